The van der Waals surface area contributed by atoms with E-state index in [9.17, 15) is 0 Å². The minimum absolute atomic E-state index is 0.736. The lowest BCUT2D eigenvalue weighted by Gasteiger charge is -2.09. The number of nitrogens with two attached hydrogens (primary N) is 1. The monoisotopic (exact) mass is 407 g/mol. The summed E-state index contributed by atoms with van der Waals surface area (Å²) < 4.78 is 1.07. The molecule has 0 bridgehead atoms. The van der Waals surface area contributed by atoms with Crippen molar-refractivity contribution in [3.8, 4) is 11.3 Å². The Morgan fingerprint density at radius 3 is 2.73 bits per heavy atom. The van der Waals surface area contributed by atoms with Crippen LogP contribution in [0, 0.1) is 6.92 Å². The van der Waals surface area contributed by atoms with Crippen molar-refractivity contribution in [3.05, 3.63) is 64.3 Å². The summed E-state index contributed by atoms with van der Waals surface area (Å²) in [6, 6.07) is 14.9. The molecule has 2 aromatic carbocycles. The molecule has 4 rings (SSSR count). The van der Waals surface area contributed by atoms with Crippen LogP contribution in [0.2, 0.25) is 0 Å². The molecule has 0 amide bonds. The molecule has 3 N–H and O–H groups in total. The fourth-order valence-corrected chi connectivity index (χ4v) is 4.15. The van der Waals surface area contributed by atoms with Gasteiger partial charge in [-0.25, -0.2) is 0 Å². The summed E-state index contributed by atoms with van der Waals surface area (Å²) in [6.07, 6.45) is 5.00. The molecule has 26 heavy (non-hydrogen) atoms. The van der Waals surface area contributed by atoms with E-state index < -0.39 is 0 Å². The van der Waals surface area contributed by atoms with Crippen LogP contribution in [0.25, 0.3) is 33.1 Å². The van der Waals surface area contributed by atoms with Gasteiger partial charge in [0.1, 0.15) is 0 Å². The third-order valence-electron chi connectivity index (χ3n) is 5.02. The molecule has 0 saturated carbocycles. The quantitative estimate of drug-likeness (QED) is 0.414. The number of H-pyrrole nitrogens is 1. The Balaban J connectivity index is 1.98. The highest BCUT2D eigenvalue weighted by atomic mass is 79.9. The number of unbranched alkanes of at least 4 members (excludes halogenated alkanes) is 1. The third kappa shape index (κ3) is 2.93. The van der Waals surface area contributed by atoms with Crippen molar-refractivity contribution in [2.45, 2.75) is 26.2 Å². The number of rotatable bonds is 5. The molecular formula is C22H22BrN3. The van der Waals surface area contributed by atoms with Gasteiger partial charge in [0, 0.05) is 32.5 Å². The normalized spacial score (nSPS) is 11.5. The maximum absolute atomic E-state index is 5.72. The number of para-hydroxylation sites is 1. The van der Waals surface area contributed by atoms with Crippen LogP contribution in [-0.4, -0.2) is 16.5 Å². The number of aromatic nitrogens is 2. The summed E-state index contributed by atoms with van der Waals surface area (Å²) in [6.45, 7) is 2.89. The van der Waals surface area contributed by atoms with Crippen molar-refractivity contribution in [3.63, 3.8) is 0 Å². The van der Waals surface area contributed by atoms with Crippen molar-refractivity contribution < 1.29 is 0 Å². The first-order valence-corrected chi connectivity index (χ1v) is 9.84. The zero-order chi connectivity index (χ0) is 18.1. The van der Waals surface area contributed by atoms with Crippen LogP contribution in [0.15, 0.2) is 53.1 Å². The molecular weight excluding hydrogens is 386 g/mol. The largest absolute Gasteiger partial charge is 0.354 e. The number of aryl methyl sites for hydroxylation is 2. The van der Waals surface area contributed by atoms with E-state index in [2.05, 4.69) is 69.2 Å². The number of aromatic amines is 1. The number of hydrogen-bond acceptors (Lipinski definition) is 2. The maximum atomic E-state index is 5.72. The molecule has 0 spiro atoms. The Hall–Kier alpha value is -2.17. The molecule has 3 nitrogen and oxygen atoms in total. The van der Waals surface area contributed by atoms with Crippen molar-refractivity contribution in [2.75, 3.05) is 6.54 Å². The number of fused-ring (bicyclic) bond motifs is 2. The number of nitrogens with zero attached hydrogens (tertiary/aromatic N) is 1. The Bertz CT molecular complexity index is 1080. The van der Waals surface area contributed by atoms with Crippen LogP contribution < -0.4 is 5.73 Å². The van der Waals surface area contributed by atoms with Crippen LogP contribution >= 0.6 is 15.9 Å². The second-order valence-electron chi connectivity index (χ2n) is 6.72. The fourth-order valence-electron chi connectivity index (χ4n) is 3.70. The van der Waals surface area contributed by atoms with Crippen molar-refractivity contribution in [1.29, 1.82) is 0 Å². The van der Waals surface area contributed by atoms with Crippen LogP contribution in [0.5, 0.6) is 0 Å². The van der Waals surface area contributed by atoms with E-state index in [0.29, 0.717) is 0 Å². The second kappa shape index (κ2) is 7.22. The van der Waals surface area contributed by atoms with Crippen molar-refractivity contribution >= 4 is 37.7 Å². The summed E-state index contributed by atoms with van der Waals surface area (Å²) in [7, 11) is 0. The summed E-state index contributed by atoms with van der Waals surface area (Å²) in [5, 5.41) is 2.44. The molecule has 2 aromatic heterocycles. The van der Waals surface area contributed by atoms with Gasteiger partial charge in [-0.2, -0.15) is 0 Å². The Morgan fingerprint density at radius 2 is 1.88 bits per heavy atom. The number of hydrogen-bond donors (Lipinski definition) is 2. The summed E-state index contributed by atoms with van der Waals surface area (Å²) >= 11 is 3.66. The summed E-state index contributed by atoms with van der Waals surface area (Å²) in [5.41, 5.74) is 12.9. The predicted molar refractivity (Wildman–Crippen MR) is 113 cm³/mol. The van der Waals surface area contributed by atoms with E-state index in [4.69, 9.17) is 5.73 Å². The van der Waals surface area contributed by atoms with Gasteiger partial charge in [-0.15, -0.1) is 0 Å². The standard InChI is InChI=1S/C22H22BrN3/c1-14-6-4-8-15-16(7-2-3-12-24)22(26-20(14)15)18-10-11-19(23)17-9-5-13-25-21(17)18/h4-6,8-11,13,26H,2-3,7,12,24H2,1H3. The Labute approximate surface area is 161 Å². The van der Waals surface area contributed by atoms with E-state index >= 15 is 0 Å². The van der Waals surface area contributed by atoms with E-state index in [1.54, 1.807) is 0 Å². The van der Waals surface area contributed by atoms with Crippen LogP contribution in [0.3, 0.4) is 0 Å². The van der Waals surface area contributed by atoms with Crippen LogP contribution in [-0.2, 0) is 6.42 Å². The molecule has 4 aromatic rings. The molecule has 0 radical (unpaired) electrons. The molecule has 0 unspecified atom stereocenters. The van der Waals surface area contributed by atoms with Gasteiger partial charge in [0.25, 0.3) is 0 Å². The van der Waals surface area contributed by atoms with Crippen LogP contribution in [0.4, 0.5) is 0 Å². The zero-order valence-electron chi connectivity index (χ0n) is 14.8. The highest BCUT2D eigenvalue weighted by Gasteiger charge is 2.17. The molecule has 132 valence electrons. The molecule has 2 heterocycles. The lowest BCUT2D eigenvalue weighted by atomic mass is 9.98. The Morgan fingerprint density at radius 1 is 1.04 bits per heavy atom. The zero-order valence-corrected chi connectivity index (χ0v) is 16.4. The summed E-state index contributed by atoms with van der Waals surface area (Å²) in [4.78, 5) is 8.38. The lowest BCUT2D eigenvalue weighted by molar-refractivity contribution is 0.748. The van der Waals surface area contributed by atoms with Gasteiger partial charge in [0.15, 0.2) is 0 Å². The average molecular weight is 408 g/mol. The first kappa shape index (κ1) is 17.3. The number of benzene rings is 2. The van der Waals surface area contributed by atoms with E-state index in [1.807, 2.05) is 12.3 Å². The second-order valence-corrected chi connectivity index (χ2v) is 7.57. The molecule has 4 heteroatoms. The molecule has 0 aliphatic carbocycles. The van der Waals surface area contributed by atoms with E-state index in [0.717, 1.165) is 46.7 Å². The van der Waals surface area contributed by atoms with Gasteiger partial charge in [0.05, 0.1) is 11.2 Å². The highest BCUT2D eigenvalue weighted by Crippen LogP contribution is 2.37. The number of nitrogens with one attached hydrogen (secondary N) is 1. The third-order valence-corrected chi connectivity index (χ3v) is 5.71. The molecule has 0 fully saturated rings. The van der Waals surface area contributed by atoms with Gasteiger partial charge in [-0.3, -0.25) is 4.98 Å². The van der Waals surface area contributed by atoms with Gasteiger partial charge in [0.2, 0.25) is 0 Å². The molecule has 0 aliphatic rings. The Kier molecular flexibility index (Phi) is 4.79. The minimum atomic E-state index is 0.736. The van der Waals surface area contributed by atoms with Gasteiger partial charge in [-0.1, -0.05) is 40.2 Å². The topological polar surface area (TPSA) is 54.7 Å². The first-order chi connectivity index (χ1) is 12.7. The first-order valence-electron chi connectivity index (χ1n) is 9.04. The van der Waals surface area contributed by atoms with Gasteiger partial charge in [-0.05, 0) is 62.1 Å². The maximum Gasteiger partial charge on any atom is 0.0806 e. The smallest absolute Gasteiger partial charge is 0.0806 e. The SMILES string of the molecule is Cc1cccc2c(CCCCN)c(-c3ccc(Br)c4cccnc34)[nH]c12. The lowest BCUT2D eigenvalue weighted by Crippen LogP contribution is -1.99. The van der Waals surface area contributed by atoms with E-state index in [-0.39, 0.29) is 0 Å². The highest BCUT2D eigenvalue weighted by molar-refractivity contribution is 9.10. The predicted octanol–water partition coefficient (Wildman–Crippen LogP) is 5.74. The average Bonchev–Trinajstić information content (AvgIpc) is 3.03. The van der Waals surface area contributed by atoms with Gasteiger partial charge >= 0.3 is 0 Å². The molecule has 0 atom stereocenters. The summed E-state index contributed by atoms with van der Waals surface area (Å²) in [5.74, 6) is 0. The van der Waals surface area contributed by atoms with Gasteiger partial charge < -0.3 is 10.7 Å². The van der Waals surface area contributed by atoms with Crippen LogP contribution in [0.1, 0.15) is 24.0 Å². The minimum Gasteiger partial charge on any atom is -0.354 e. The number of halogens is 1. The van der Waals surface area contributed by atoms with Crippen molar-refractivity contribution in [2.24, 2.45) is 5.73 Å². The van der Waals surface area contributed by atoms with E-state index in [1.165, 1.54) is 27.7 Å². The molecule has 0 saturated heterocycles. The fraction of sp³-hybridized carbons (Fsp3) is 0.227. The van der Waals surface area contributed by atoms with Crippen molar-refractivity contribution in [1.82, 2.24) is 9.97 Å². The number of pyridine rings is 1. The molecule has 0 aliphatic heterocycles.